The first-order chi connectivity index (χ1) is 8.02. The molecule has 1 atom stereocenters. The number of methoxy groups -OCH3 is 1. The summed E-state index contributed by atoms with van der Waals surface area (Å²) < 4.78 is 5.02. The highest BCUT2D eigenvalue weighted by Crippen LogP contribution is 2.16. The van der Waals surface area contributed by atoms with E-state index in [1.165, 1.54) is 0 Å². The Morgan fingerprint density at radius 2 is 1.82 bits per heavy atom. The van der Waals surface area contributed by atoms with Crippen LogP contribution in [-0.4, -0.2) is 18.9 Å². The lowest BCUT2D eigenvalue weighted by atomic mass is 9.95. The van der Waals surface area contributed by atoms with E-state index in [9.17, 15) is 9.59 Å². The lowest BCUT2D eigenvalue weighted by Crippen LogP contribution is -2.29. The van der Waals surface area contributed by atoms with Gasteiger partial charge in [0.2, 0.25) is 11.8 Å². The molecule has 0 aliphatic rings. The van der Waals surface area contributed by atoms with Gasteiger partial charge in [-0.1, -0.05) is 12.1 Å². The van der Waals surface area contributed by atoms with Gasteiger partial charge in [-0.2, -0.15) is 0 Å². The molecule has 0 aliphatic carbocycles. The Balaban J connectivity index is 2.71. The Morgan fingerprint density at radius 3 is 2.24 bits per heavy atom. The van der Waals surface area contributed by atoms with Crippen molar-refractivity contribution in [3.63, 3.8) is 0 Å². The molecule has 5 nitrogen and oxygen atoms in total. The predicted molar refractivity (Wildman–Crippen MR) is 63.2 cm³/mol. The van der Waals surface area contributed by atoms with Crippen LogP contribution in [0.4, 0.5) is 0 Å². The molecule has 0 heterocycles. The van der Waals surface area contributed by atoms with Gasteiger partial charge < -0.3 is 16.2 Å². The summed E-state index contributed by atoms with van der Waals surface area (Å²) in [5.74, 6) is -0.859. The van der Waals surface area contributed by atoms with Crippen molar-refractivity contribution >= 4 is 11.8 Å². The van der Waals surface area contributed by atoms with E-state index < -0.39 is 17.7 Å². The van der Waals surface area contributed by atoms with Crippen molar-refractivity contribution in [2.24, 2.45) is 17.4 Å². The minimum Gasteiger partial charge on any atom is -0.497 e. The third kappa shape index (κ3) is 4.14. The molecular formula is C12H16N2O3. The first-order valence-electron chi connectivity index (χ1n) is 5.23. The molecule has 5 heteroatoms. The lowest BCUT2D eigenvalue weighted by molar-refractivity contribution is -0.126. The molecule has 0 radical (unpaired) electrons. The molecule has 0 saturated carbocycles. The molecule has 0 spiro atoms. The second-order valence-electron chi connectivity index (χ2n) is 3.82. The van der Waals surface area contributed by atoms with Crippen LogP contribution in [0.15, 0.2) is 24.3 Å². The van der Waals surface area contributed by atoms with Gasteiger partial charge >= 0.3 is 0 Å². The first-order valence-corrected chi connectivity index (χ1v) is 5.23. The molecule has 17 heavy (non-hydrogen) atoms. The fourth-order valence-corrected chi connectivity index (χ4v) is 1.56. The van der Waals surface area contributed by atoms with Crippen molar-refractivity contribution in [2.45, 2.75) is 12.8 Å². The third-order valence-electron chi connectivity index (χ3n) is 2.49. The zero-order valence-electron chi connectivity index (χ0n) is 9.68. The van der Waals surface area contributed by atoms with Crippen LogP contribution in [0.1, 0.15) is 12.0 Å². The fourth-order valence-electron chi connectivity index (χ4n) is 1.56. The summed E-state index contributed by atoms with van der Waals surface area (Å²) >= 11 is 0. The van der Waals surface area contributed by atoms with Crippen LogP contribution in [0, 0.1) is 5.92 Å². The first kappa shape index (κ1) is 13.0. The maximum absolute atomic E-state index is 11.2. The van der Waals surface area contributed by atoms with E-state index in [2.05, 4.69) is 0 Å². The molecule has 0 aromatic heterocycles. The van der Waals surface area contributed by atoms with Gasteiger partial charge in [-0.15, -0.1) is 0 Å². The van der Waals surface area contributed by atoms with Gasteiger partial charge in [0.25, 0.3) is 0 Å². The Labute approximate surface area is 99.7 Å². The molecule has 1 rings (SSSR count). The van der Waals surface area contributed by atoms with Gasteiger partial charge in [-0.25, -0.2) is 0 Å². The van der Waals surface area contributed by atoms with E-state index in [0.717, 1.165) is 11.3 Å². The molecule has 0 fully saturated rings. The Kier molecular flexibility index (Phi) is 4.51. The molecule has 1 aromatic carbocycles. The van der Waals surface area contributed by atoms with Crippen LogP contribution in [-0.2, 0) is 16.0 Å². The number of ether oxygens (including phenoxy) is 1. The highest BCUT2D eigenvalue weighted by molar-refractivity contribution is 5.84. The molecule has 92 valence electrons. The Bertz CT molecular complexity index is 401. The summed E-state index contributed by atoms with van der Waals surface area (Å²) in [6.45, 7) is 0. The maximum atomic E-state index is 11.2. The number of carbonyl (C=O) groups excluding carboxylic acids is 2. The van der Waals surface area contributed by atoms with Crippen LogP contribution in [0.3, 0.4) is 0 Å². The summed E-state index contributed by atoms with van der Waals surface area (Å²) in [5, 5.41) is 0. The monoisotopic (exact) mass is 236 g/mol. The predicted octanol–water partition coefficient (Wildman–Crippen LogP) is 0.215. The van der Waals surface area contributed by atoms with Gasteiger partial charge in [0.1, 0.15) is 5.75 Å². The smallest absolute Gasteiger partial charge is 0.221 e. The average Bonchev–Trinajstić information content (AvgIpc) is 2.28. The molecule has 4 N–H and O–H groups in total. The van der Waals surface area contributed by atoms with Crippen molar-refractivity contribution in [3.05, 3.63) is 29.8 Å². The van der Waals surface area contributed by atoms with Gasteiger partial charge in [-0.3, -0.25) is 9.59 Å². The van der Waals surface area contributed by atoms with Crippen molar-refractivity contribution in [1.82, 2.24) is 0 Å². The molecule has 2 amide bonds. The van der Waals surface area contributed by atoms with Crippen LogP contribution in [0.2, 0.25) is 0 Å². The van der Waals surface area contributed by atoms with Crippen molar-refractivity contribution in [2.75, 3.05) is 7.11 Å². The average molecular weight is 236 g/mol. The second kappa shape index (κ2) is 5.89. The minimum absolute atomic E-state index is 0.0264. The Morgan fingerprint density at radius 1 is 1.24 bits per heavy atom. The third-order valence-corrected chi connectivity index (χ3v) is 2.49. The summed E-state index contributed by atoms with van der Waals surface area (Å²) in [6, 6.07) is 7.24. The van der Waals surface area contributed by atoms with Crippen LogP contribution in [0.5, 0.6) is 5.75 Å². The molecular weight excluding hydrogens is 220 g/mol. The summed E-state index contributed by atoms with van der Waals surface area (Å²) in [4.78, 5) is 22.0. The molecule has 0 unspecified atom stereocenters. The van der Waals surface area contributed by atoms with E-state index in [1.807, 2.05) is 12.1 Å². The molecule has 0 bridgehead atoms. The number of primary amides is 2. The van der Waals surface area contributed by atoms with Crippen LogP contribution < -0.4 is 16.2 Å². The zero-order valence-corrected chi connectivity index (χ0v) is 9.68. The highest BCUT2D eigenvalue weighted by Gasteiger charge is 2.18. The van der Waals surface area contributed by atoms with E-state index >= 15 is 0 Å². The quantitative estimate of drug-likeness (QED) is 0.739. The topological polar surface area (TPSA) is 95.4 Å². The maximum Gasteiger partial charge on any atom is 0.221 e. The molecule has 0 saturated heterocycles. The van der Waals surface area contributed by atoms with Crippen molar-refractivity contribution < 1.29 is 14.3 Å². The second-order valence-corrected chi connectivity index (χ2v) is 3.82. The largest absolute Gasteiger partial charge is 0.497 e. The van der Waals surface area contributed by atoms with E-state index in [0.29, 0.717) is 6.42 Å². The molecule has 1 aromatic rings. The number of rotatable bonds is 6. The number of hydrogen-bond donors (Lipinski definition) is 2. The number of carbonyl (C=O) groups is 2. The van der Waals surface area contributed by atoms with Crippen LogP contribution in [0.25, 0.3) is 0 Å². The van der Waals surface area contributed by atoms with Gasteiger partial charge in [0.05, 0.1) is 13.0 Å². The SMILES string of the molecule is COc1ccc(C[C@H](CC(N)=O)C(N)=O)cc1. The number of benzene rings is 1. The normalized spacial score (nSPS) is 11.8. The van der Waals surface area contributed by atoms with Gasteiger partial charge in [0, 0.05) is 6.42 Å². The van der Waals surface area contributed by atoms with E-state index in [1.54, 1.807) is 19.2 Å². The van der Waals surface area contributed by atoms with Gasteiger partial charge in [-0.05, 0) is 24.1 Å². The fraction of sp³-hybridized carbons (Fsp3) is 0.333. The number of hydrogen-bond acceptors (Lipinski definition) is 3. The van der Waals surface area contributed by atoms with Crippen molar-refractivity contribution in [3.8, 4) is 5.75 Å². The summed E-state index contributed by atoms with van der Waals surface area (Å²) in [5.41, 5.74) is 11.2. The minimum atomic E-state index is -0.555. The summed E-state index contributed by atoms with van der Waals surface area (Å²) in [6.07, 6.45) is 0.379. The van der Waals surface area contributed by atoms with Gasteiger partial charge in [0.15, 0.2) is 0 Å². The van der Waals surface area contributed by atoms with E-state index in [4.69, 9.17) is 16.2 Å². The zero-order chi connectivity index (χ0) is 12.8. The standard InChI is InChI=1S/C12H16N2O3/c1-17-10-4-2-8(3-5-10)6-9(12(14)16)7-11(13)15/h2-5,9H,6-7H2,1H3,(H2,13,15)(H2,14,16)/t9-/m1/s1. The number of nitrogens with two attached hydrogens (primary N) is 2. The van der Waals surface area contributed by atoms with Crippen LogP contribution >= 0.6 is 0 Å². The number of amides is 2. The lowest BCUT2D eigenvalue weighted by Gasteiger charge is -2.11. The molecule has 0 aliphatic heterocycles. The highest BCUT2D eigenvalue weighted by atomic mass is 16.5. The van der Waals surface area contributed by atoms with E-state index in [-0.39, 0.29) is 6.42 Å². The van der Waals surface area contributed by atoms with Crippen molar-refractivity contribution in [1.29, 1.82) is 0 Å². The Hall–Kier alpha value is -2.04. The summed E-state index contributed by atoms with van der Waals surface area (Å²) in [7, 11) is 1.58.